The molecule has 1 aromatic heterocycles. The molecule has 1 fully saturated rings. The molecule has 0 bridgehead atoms. The number of nitrogens with zero attached hydrogens (tertiary/aromatic N) is 1. The first-order chi connectivity index (χ1) is 10.6. The zero-order valence-corrected chi connectivity index (χ0v) is 13.7. The van der Waals surface area contributed by atoms with Gasteiger partial charge in [0.05, 0.1) is 17.1 Å². The molecule has 3 N–H and O–H groups in total. The highest BCUT2D eigenvalue weighted by Gasteiger charge is 2.28. The van der Waals surface area contributed by atoms with E-state index in [1.165, 1.54) is 24.2 Å². The molecule has 22 heavy (non-hydrogen) atoms. The van der Waals surface area contributed by atoms with E-state index in [1.807, 2.05) is 29.6 Å². The second-order valence-electron chi connectivity index (χ2n) is 5.61. The highest BCUT2D eigenvalue weighted by Crippen LogP contribution is 2.31. The second-order valence-corrected chi connectivity index (χ2v) is 6.87. The van der Waals surface area contributed by atoms with E-state index in [1.54, 1.807) is 0 Å². The molecular formula is C16H18ClN3OS. The average molecular weight is 336 g/mol. The molecule has 2 aromatic rings. The SMILES string of the molecule is NC(CNC(=O)Cc1csc(-c2ccccc2Cl)n1)C1CC1. The normalized spacial score (nSPS) is 15.5. The van der Waals surface area contributed by atoms with Crippen LogP contribution in [0.3, 0.4) is 0 Å². The standard InChI is InChI=1S/C16H18ClN3OS/c17-13-4-2-1-3-12(13)16-20-11(9-22-16)7-15(21)19-8-14(18)10-5-6-10/h1-4,9-10,14H,5-8,18H2,(H,19,21). The lowest BCUT2D eigenvalue weighted by Gasteiger charge is -2.10. The van der Waals surface area contributed by atoms with Crippen molar-refractivity contribution in [2.45, 2.75) is 25.3 Å². The van der Waals surface area contributed by atoms with Crippen molar-refractivity contribution in [2.24, 2.45) is 11.7 Å². The Labute approximate surface area is 138 Å². The molecule has 0 spiro atoms. The van der Waals surface area contributed by atoms with Crippen LogP contribution in [0.1, 0.15) is 18.5 Å². The van der Waals surface area contributed by atoms with E-state index in [-0.39, 0.29) is 18.4 Å². The lowest BCUT2D eigenvalue weighted by atomic mass is 10.2. The first-order valence-corrected chi connectivity index (χ1v) is 8.61. The van der Waals surface area contributed by atoms with Gasteiger partial charge in [0, 0.05) is 23.5 Å². The minimum absolute atomic E-state index is 0.0351. The van der Waals surface area contributed by atoms with Crippen LogP contribution in [0.4, 0.5) is 0 Å². The Morgan fingerprint density at radius 2 is 2.23 bits per heavy atom. The quantitative estimate of drug-likeness (QED) is 0.853. The van der Waals surface area contributed by atoms with Crippen molar-refractivity contribution in [1.82, 2.24) is 10.3 Å². The number of benzene rings is 1. The second kappa shape index (κ2) is 6.77. The van der Waals surface area contributed by atoms with Crippen molar-refractivity contribution < 1.29 is 4.79 Å². The van der Waals surface area contributed by atoms with E-state index < -0.39 is 0 Å². The lowest BCUT2D eigenvalue weighted by molar-refractivity contribution is -0.120. The van der Waals surface area contributed by atoms with Crippen molar-refractivity contribution in [3.05, 3.63) is 40.4 Å². The van der Waals surface area contributed by atoms with Crippen LogP contribution in [0.25, 0.3) is 10.6 Å². The Kier molecular flexibility index (Phi) is 4.76. The zero-order valence-electron chi connectivity index (χ0n) is 12.1. The number of nitrogens with one attached hydrogen (secondary N) is 1. The number of nitrogens with two attached hydrogens (primary N) is 1. The fraction of sp³-hybridized carbons (Fsp3) is 0.375. The van der Waals surface area contributed by atoms with Crippen molar-refractivity contribution in [3.8, 4) is 10.6 Å². The van der Waals surface area contributed by atoms with E-state index >= 15 is 0 Å². The Morgan fingerprint density at radius 1 is 1.45 bits per heavy atom. The van der Waals surface area contributed by atoms with Crippen LogP contribution in [-0.2, 0) is 11.2 Å². The van der Waals surface area contributed by atoms with Gasteiger partial charge in [-0.2, -0.15) is 0 Å². The van der Waals surface area contributed by atoms with Crippen LogP contribution < -0.4 is 11.1 Å². The largest absolute Gasteiger partial charge is 0.354 e. The maximum absolute atomic E-state index is 11.9. The van der Waals surface area contributed by atoms with Crippen molar-refractivity contribution in [3.63, 3.8) is 0 Å². The number of carbonyl (C=O) groups excluding carboxylic acids is 1. The van der Waals surface area contributed by atoms with Gasteiger partial charge in [0.1, 0.15) is 5.01 Å². The molecule has 4 nitrogen and oxygen atoms in total. The maximum Gasteiger partial charge on any atom is 0.226 e. The molecule has 6 heteroatoms. The number of carbonyl (C=O) groups is 1. The highest BCUT2D eigenvalue weighted by molar-refractivity contribution is 7.13. The van der Waals surface area contributed by atoms with Crippen LogP contribution in [0.15, 0.2) is 29.6 Å². The van der Waals surface area contributed by atoms with Crippen LogP contribution in [0, 0.1) is 5.92 Å². The highest BCUT2D eigenvalue weighted by atomic mass is 35.5. The number of amides is 1. The van der Waals surface area contributed by atoms with Gasteiger partial charge in [-0.3, -0.25) is 4.79 Å². The molecule has 1 aromatic carbocycles. The third-order valence-electron chi connectivity index (χ3n) is 3.76. The first-order valence-electron chi connectivity index (χ1n) is 7.35. The molecule has 0 saturated heterocycles. The van der Waals surface area contributed by atoms with Crippen LogP contribution >= 0.6 is 22.9 Å². The van der Waals surface area contributed by atoms with E-state index in [2.05, 4.69) is 10.3 Å². The summed E-state index contributed by atoms with van der Waals surface area (Å²) in [5.41, 5.74) is 7.64. The molecular weight excluding hydrogens is 318 g/mol. The van der Waals surface area contributed by atoms with Gasteiger partial charge in [-0.25, -0.2) is 4.98 Å². The Balaban J connectivity index is 1.57. The summed E-state index contributed by atoms with van der Waals surface area (Å²) in [4.78, 5) is 16.4. The molecule has 1 saturated carbocycles. The number of hydrogen-bond acceptors (Lipinski definition) is 4. The van der Waals surface area contributed by atoms with Gasteiger partial charge in [-0.05, 0) is 24.8 Å². The predicted octanol–water partition coefficient (Wildman–Crippen LogP) is 2.86. The van der Waals surface area contributed by atoms with Crippen molar-refractivity contribution in [2.75, 3.05) is 6.54 Å². The molecule has 0 aliphatic heterocycles. The lowest BCUT2D eigenvalue weighted by Crippen LogP contribution is -2.39. The molecule has 1 aliphatic rings. The summed E-state index contributed by atoms with van der Waals surface area (Å²) >= 11 is 7.67. The molecule has 1 unspecified atom stereocenters. The summed E-state index contributed by atoms with van der Waals surface area (Å²) in [5, 5.41) is 6.30. The predicted molar refractivity (Wildman–Crippen MR) is 90.0 cm³/mol. The van der Waals surface area contributed by atoms with Gasteiger partial charge in [0.15, 0.2) is 0 Å². The Hall–Kier alpha value is -1.43. The topological polar surface area (TPSA) is 68.0 Å². The fourth-order valence-corrected chi connectivity index (χ4v) is 3.44. The number of halogens is 1. The van der Waals surface area contributed by atoms with Gasteiger partial charge >= 0.3 is 0 Å². The van der Waals surface area contributed by atoms with Crippen molar-refractivity contribution >= 4 is 28.8 Å². The van der Waals surface area contributed by atoms with E-state index in [4.69, 9.17) is 17.3 Å². The maximum atomic E-state index is 11.9. The number of rotatable bonds is 6. The summed E-state index contributed by atoms with van der Waals surface area (Å²) in [5.74, 6) is 0.554. The Morgan fingerprint density at radius 3 is 2.95 bits per heavy atom. The third kappa shape index (κ3) is 3.85. The molecule has 1 amide bonds. The van der Waals surface area contributed by atoms with Crippen LogP contribution in [-0.4, -0.2) is 23.5 Å². The van der Waals surface area contributed by atoms with Gasteiger partial charge in [0.25, 0.3) is 0 Å². The molecule has 3 rings (SSSR count). The van der Waals surface area contributed by atoms with Crippen LogP contribution in [0.2, 0.25) is 5.02 Å². The summed E-state index contributed by atoms with van der Waals surface area (Å²) in [6.45, 7) is 0.547. The smallest absolute Gasteiger partial charge is 0.226 e. The minimum atomic E-state index is -0.0351. The summed E-state index contributed by atoms with van der Waals surface area (Å²) in [6, 6.07) is 7.66. The fourth-order valence-electron chi connectivity index (χ4n) is 2.30. The molecule has 0 radical (unpaired) electrons. The third-order valence-corrected chi connectivity index (χ3v) is 5.01. The number of thiazole rings is 1. The average Bonchev–Trinajstić information content (AvgIpc) is 3.26. The summed E-state index contributed by atoms with van der Waals surface area (Å²) < 4.78 is 0. The van der Waals surface area contributed by atoms with E-state index in [0.29, 0.717) is 17.5 Å². The molecule has 116 valence electrons. The Bertz CT molecular complexity index is 669. The van der Waals surface area contributed by atoms with Gasteiger partial charge < -0.3 is 11.1 Å². The van der Waals surface area contributed by atoms with E-state index in [0.717, 1.165) is 16.3 Å². The van der Waals surface area contributed by atoms with E-state index in [9.17, 15) is 4.79 Å². The van der Waals surface area contributed by atoms with Gasteiger partial charge in [-0.1, -0.05) is 29.8 Å². The summed E-state index contributed by atoms with van der Waals surface area (Å²) in [7, 11) is 0. The van der Waals surface area contributed by atoms with Crippen molar-refractivity contribution in [1.29, 1.82) is 0 Å². The molecule has 1 heterocycles. The minimum Gasteiger partial charge on any atom is -0.354 e. The van der Waals surface area contributed by atoms with Gasteiger partial charge in [-0.15, -0.1) is 11.3 Å². The number of hydrogen-bond donors (Lipinski definition) is 2. The summed E-state index contributed by atoms with van der Waals surface area (Å²) in [6.07, 6.45) is 2.65. The molecule has 1 atom stereocenters. The number of aromatic nitrogens is 1. The molecule has 1 aliphatic carbocycles. The monoisotopic (exact) mass is 335 g/mol. The zero-order chi connectivity index (χ0) is 15.5. The van der Waals surface area contributed by atoms with Crippen LogP contribution in [0.5, 0.6) is 0 Å². The van der Waals surface area contributed by atoms with Gasteiger partial charge in [0.2, 0.25) is 5.91 Å². The first kappa shape index (κ1) is 15.5.